The number of rotatable bonds is 5. The molecule has 0 atom stereocenters. The molecule has 4 aromatic rings. The first kappa shape index (κ1) is 21.7. The third-order valence-electron chi connectivity index (χ3n) is 4.80. The SMILES string of the molecule is COC(=O)c1cc(-c2ccccc2Cl)n(-c2ccc(-c3cccc(S(C)(=O)=O)c3)nc2)n1. The van der Waals surface area contributed by atoms with Gasteiger partial charge in [-0.3, -0.25) is 4.98 Å². The number of carbonyl (C=O) groups excluding carboxylic acids is 1. The van der Waals surface area contributed by atoms with E-state index in [9.17, 15) is 13.2 Å². The summed E-state index contributed by atoms with van der Waals surface area (Å²) in [4.78, 5) is 16.8. The number of hydrogen-bond donors (Lipinski definition) is 0. The summed E-state index contributed by atoms with van der Waals surface area (Å²) in [6.07, 6.45) is 2.76. The van der Waals surface area contributed by atoms with E-state index in [2.05, 4.69) is 10.1 Å². The number of methoxy groups -OCH3 is 1. The summed E-state index contributed by atoms with van der Waals surface area (Å²) in [7, 11) is -2.04. The van der Waals surface area contributed by atoms with Gasteiger partial charge in [0.05, 0.1) is 35.3 Å². The molecule has 0 aliphatic rings. The predicted molar refractivity (Wildman–Crippen MR) is 122 cm³/mol. The maximum absolute atomic E-state index is 12.1. The largest absolute Gasteiger partial charge is 0.464 e. The van der Waals surface area contributed by atoms with Crippen molar-refractivity contribution in [2.45, 2.75) is 4.90 Å². The van der Waals surface area contributed by atoms with Crippen LogP contribution >= 0.6 is 11.6 Å². The van der Waals surface area contributed by atoms with E-state index in [0.717, 1.165) is 6.26 Å². The molecule has 0 bridgehead atoms. The fourth-order valence-electron chi connectivity index (χ4n) is 3.21. The number of benzene rings is 2. The lowest BCUT2D eigenvalue weighted by molar-refractivity contribution is 0.0593. The van der Waals surface area contributed by atoms with Crippen molar-refractivity contribution in [3.05, 3.63) is 83.6 Å². The molecule has 9 heteroatoms. The van der Waals surface area contributed by atoms with Gasteiger partial charge in [-0.15, -0.1) is 0 Å². The second kappa shape index (κ2) is 8.57. The third kappa shape index (κ3) is 4.28. The van der Waals surface area contributed by atoms with Gasteiger partial charge in [-0.1, -0.05) is 41.9 Å². The van der Waals surface area contributed by atoms with Crippen molar-refractivity contribution in [3.63, 3.8) is 0 Å². The molecule has 32 heavy (non-hydrogen) atoms. The van der Waals surface area contributed by atoms with Crippen LogP contribution < -0.4 is 0 Å². The molecule has 0 aliphatic heterocycles. The summed E-state index contributed by atoms with van der Waals surface area (Å²) in [5.74, 6) is -0.570. The lowest BCUT2D eigenvalue weighted by Gasteiger charge is -2.10. The van der Waals surface area contributed by atoms with Crippen LogP contribution in [0.15, 0.2) is 77.8 Å². The van der Waals surface area contributed by atoms with E-state index in [4.69, 9.17) is 16.3 Å². The Bertz CT molecular complexity index is 1410. The lowest BCUT2D eigenvalue weighted by Crippen LogP contribution is -2.05. The fraction of sp³-hybridized carbons (Fsp3) is 0.0870. The van der Waals surface area contributed by atoms with E-state index in [-0.39, 0.29) is 10.6 Å². The number of pyridine rings is 1. The highest BCUT2D eigenvalue weighted by molar-refractivity contribution is 7.90. The molecule has 2 aromatic carbocycles. The first-order valence-electron chi connectivity index (χ1n) is 9.48. The molecule has 7 nitrogen and oxygen atoms in total. The van der Waals surface area contributed by atoms with Gasteiger partial charge in [0.1, 0.15) is 0 Å². The number of carbonyl (C=O) groups is 1. The van der Waals surface area contributed by atoms with Crippen LogP contribution in [0.3, 0.4) is 0 Å². The van der Waals surface area contributed by atoms with Crippen LogP contribution in [0.1, 0.15) is 10.5 Å². The van der Waals surface area contributed by atoms with Crippen molar-refractivity contribution < 1.29 is 17.9 Å². The first-order valence-corrected chi connectivity index (χ1v) is 11.7. The number of ether oxygens (including phenoxy) is 1. The van der Waals surface area contributed by atoms with E-state index in [1.807, 2.05) is 18.2 Å². The predicted octanol–water partition coefficient (Wildman–Crippen LogP) is 4.44. The van der Waals surface area contributed by atoms with Gasteiger partial charge in [-0.25, -0.2) is 17.9 Å². The van der Waals surface area contributed by atoms with E-state index >= 15 is 0 Å². The maximum Gasteiger partial charge on any atom is 0.358 e. The number of esters is 1. The van der Waals surface area contributed by atoms with Crippen molar-refractivity contribution in [1.82, 2.24) is 14.8 Å². The highest BCUT2D eigenvalue weighted by atomic mass is 35.5. The zero-order valence-electron chi connectivity index (χ0n) is 17.2. The number of sulfone groups is 1. The van der Waals surface area contributed by atoms with Crippen molar-refractivity contribution in [1.29, 1.82) is 0 Å². The molecule has 0 amide bonds. The Labute approximate surface area is 190 Å². The van der Waals surface area contributed by atoms with Crippen LogP contribution in [-0.4, -0.2) is 42.5 Å². The van der Waals surface area contributed by atoms with Gasteiger partial charge in [0.2, 0.25) is 0 Å². The molecule has 2 heterocycles. The third-order valence-corrected chi connectivity index (χ3v) is 6.24. The van der Waals surface area contributed by atoms with Gasteiger partial charge >= 0.3 is 5.97 Å². The van der Waals surface area contributed by atoms with Crippen molar-refractivity contribution in [3.8, 4) is 28.2 Å². The standard InChI is InChI=1S/C23H18ClN3O4S/c1-31-23(28)21-13-22(18-8-3-4-9-19(18)24)27(26-21)16-10-11-20(25-14-16)15-6-5-7-17(12-15)32(2,29)30/h3-14H,1-2H3. The van der Waals surface area contributed by atoms with Crippen molar-refractivity contribution in [2.24, 2.45) is 0 Å². The van der Waals surface area contributed by atoms with Crippen LogP contribution in [-0.2, 0) is 14.6 Å². The second-order valence-electron chi connectivity index (χ2n) is 7.00. The van der Waals surface area contributed by atoms with Gasteiger partial charge < -0.3 is 4.74 Å². The maximum atomic E-state index is 12.1. The molecule has 0 saturated heterocycles. The van der Waals surface area contributed by atoms with E-state index < -0.39 is 15.8 Å². The highest BCUT2D eigenvalue weighted by Gasteiger charge is 2.19. The monoisotopic (exact) mass is 467 g/mol. The summed E-state index contributed by atoms with van der Waals surface area (Å²) in [5, 5.41) is 4.89. The van der Waals surface area contributed by atoms with E-state index in [1.165, 1.54) is 7.11 Å². The Balaban J connectivity index is 1.79. The number of nitrogens with zero attached hydrogens (tertiary/aromatic N) is 3. The highest BCUT2D eigenvalue weighted by Crippen LogP contribution is 2.31. The minimum absolute atomic E-state index is 0.132. The zero-order chi connectivity index (χ0) is 22.9. The molecule has 0 saturated carbocycles. The lowest BCUT2D eigenvalue weighted by atomic mass is 10.1. The second-order valence-corrected chi connectivity index (χ2v) is 9.42. The quantitative estimate of drug-likeness (QED) is 0.403. The van der Waals surface area contributed by atoms with Crippen molar-refractivity contribution in [2.75, 3.05) is 13.4 Å². The average molecular weight is 468 g/mol. The van der Waals surface area contributed by atoms with E-state index in [1.54, 1.807) is 59.4 Å². The van der Waals surface area contributed by atoms with Gasteiger partial charge in [-0.2, -0.15) is 5.10 Å². The Morgan fingerprint density at radius 2 is 1.81 bits per heavy atom. The molecule has 0 N–H and O–H groups in total. The topological polar surface area (TPSA) is 91.2 Å². The summed E-state index contributed by atoms with van der Waals surface area (Å²) < 4.78 is 30.1. The Morgan fingerprint density at radius 3 is 2.47 bits per heavy atom. The molecule has 2 aromatic heterocycles. The molecule has 0 fully saturated rings. The normalized spacial score (nSPS) is 11.3. The summed E-state index contributed by atoms with van der Waals surface area (Å²) in [6.45, 7) is 0. The minimum Gasteiger partial charge on any atom is -0.464 e. The van der Waals surface area contributed by atoms with Crippen LogP contribution in [0.2, 0.25) is 5.02 Å². The van der Waals surface area contributed by atoms with Gasteiger partial charge in [-0.05, 0) is 36.4 Å². The fourth-order valence-corrected chi connectivity index (χ4v) is 4.11. The zero-order valence-corrected chi connectivity index (χ0v) is 18.8. The van der Waals surface area contributed by atoms with Crippen LogP contribution in [0, 0.1) is 0 Å². The summed E-state index contributed by atoms with van der Waals surface area (Å²) >= 11 is 6.38. The van der Waals surface area contributed by atoms with Crippen LogP contribution in [0.5, 0.6) is 0 Å². The smallest absolute Gasteiger partial charge is 0.358 e. The molecule has 0 unspecified atom stereocenters. The summed E-state index contributed by atoms with van der Waals surface area (Å²) in [6, 6.07) is 19.0. The number of halogens is 1. The van der Waals surface area contributed by atoms with Crippen LogP contribution in [0.4, 0.5) is 0 Å². The molecular formula is C23H18ClN3O4S. The number of hydrogen-bond acceptors (Lipinski definition) is 6. The molecular weight excluding hydrogens is 450 g/mol. The summed E-state index contributed by atoms with van der Waals surface area (Å²) in [5.41, 5.74) is 3.29. The van der Waals surface area contributed by atoms with Gasteiger partial charge in [0.15, 0.2) is 15.5 Å². The molecule has 0 spiro atoms. The first-order chi connectivity index (χ1) is 15.3. The Hall–Kier alpha value is -3.49. The molecule has 4 rings (SSSR count). The molecule has 0 radical (unpaired) electrons. The average Bonchev–Trinajstić information content (AvgIpc) is 3.24. The van der Waals surface area contributed by atoms with E-state index in [0.29, 0.717) is 33.2 Å². The Morgan fingerprint density at radius 1 is 1.03 bits per heavy atom. The van der Waals surface area contributed by atoms with Gasteiger partial charge in [0, 0.05) is 22.4 Å². The Kier molecular flexibility index (Phi) is 5.82. The molecule has 0 aliphatic carbocycles. The number of aromatic nitrogens is 3. The molecule has 162 valence electrons. The van der Waals surface area contributed by atoms with Crippen LogP contribution in [0.25, 0.3) is 28.2 Å². The minimum atomic E-state index is -3.33. The van der Waals surface area contributed by atoms with Gasteiger partial charge in [0.25, 0.3) is 0 Å². The van der Waals surface area contributed by atoms with Crippen molar-refractivity contribution >= 4 is 27.4 Å².